The van der Waals surface area contributed by atoms with Crippen molar-refractivity contribution in [1.82, 2.24) is 9.97 Å². The van der Waals surface area contributed by atoms with Crippen molar-refractivity contribution in [3.8, 4) is 11.6 Å². The summed E-state index contributed by atoms with van der Waals surface area (Å²) < 4.78 is 19.4. The monoisotopic (exact) mass is 348 g/mol. The summed E-state index contributed by atoms with van der Waals surface area (Å²) in [5.41, 5.74) is 3.08. The number of nitrogens with one attached hydrogen (secondary N) is 1. The van der Waals surface area contributed by atoms with E-state index in [1.165, 1.54) is 18.2 Å². The van der Waals surface area contributed by atoms with Gasteiger partial charge >= 0.3 is 0 Å². The van der Waals surface area contributed by atoms with Crippen LogP contribution in [0.3, 0.4) is 0 Å². The maximum atomic E-state index is 13.1. The molecule has 0 spiro atoms. The van der Waals surface area contributed by atoms with Crippen molar-refractivity contribution in [3.05, 3.63) is 52.8 Å². The van der Waals surface area contributed by atoms with E-state index in [2.05, 4.69) is 31.3 Å². The zero-order chi connectivity index (χ0) is 14.8. The number of fused-ring (bicyclic) bond motifs is 1. The van der Waals surface area contributed by atoms with E-state index in [9.17, 15) is 4.39 Å². The first-order chi connectivity index (χ1) is 10.2. The molecule has 0 aliphatic carbocycles. The van der Waals surface area contributed by atoms with Gasteiger partial charge in [-0.1, -0.05) is 12.1 Å². The molecule has 0 fully saturated rings. The lowest BCUT2D eigenvalue weighted by molar-refractivity contribution is 0.464. The lowest BCUT2D eigenvalue weighted by atomic mass is 10.2. The third kappa shape index (κ3) is 2.79. The standard InChI is InChI=1S/C14H10BrFN4O/c15-10-7-8(16)5-6-12(10)21-13-9-3-1-2-4-11(9)18-14(19-13)20-17/h1-7H,17H2,(H,18,19,20). The minimum absolute atomic E-state index is 0.238. The summed E-state index contributed by atoms with van der Waals surface area (Å²) in [4.78, 5) is 8.43. The van der Waals surface area contributed by atoms with E-state index in [1.807, 2.05) is 24.3 Å². The first-order valence-electron chi connectivity index (χ1n) is 6.03. The highest BCUT2D eigenvalue weighted by Gasteiger charge is 2.11. The number of nitrogens with two attached hydrogens (primary N) is 1. The molecule has 1 heterocycles. The summed E-state index contributed by atoms with van der Waals surface area (Å²) in [6.07, 6.45) is 0. The molecule has 0 amide bonds. The summed E-state index contributed by atoms with van der Waals surface area (Å²) in [5.74, 6) is 6.03. The molecule has 5 nitrogen and oxygen atoms in total. The number of aromatic nitrogens is 2. The Morgan fingerprint density at radius 3 is 2.71 bits per heavy atom. The second-order valence-corrected chi connectivity index (χ2v) is 5.04. The van der Waals surface area contributed by atoms with Crippen LogP contribution in [-0.4, -0.2) is 9.97 Å². The van der Waals surface area contributed by atoms with Gasteiger partial charge in [0.1, 0.15) is 11.6 Å². The van der Waals surface area contributed by atoms with Crippen LogP contribution in [0.15, 0.2) is 46.9 Å². The third-order valence-corrected chi connectivity index (χ3v) is 3.42. The van der Waals surface area contributed by atoms with E-state index in [0.29, 0.717) is 21.6 Å². The van der Waals surface area contributed by atoms with E-state index in [-0.39, 0.29) is 11.8 Å². The number of hydrogen-bond acceptors (Lipinski definition) is 5. The predicted octanol–water partition coefficient (Wildman–Crippen LogP) is 3.61. The minimum atomic E-state index is -0.355. The minimum Gasteiger partial charge on any atom is -0.437 e. The van der Waals surface area contributed by atoms with E-state index in [0.717, 1.165) is 5.39 Å². The number of benzene rings is 2. The third-order valence-electron chi connectivity index (χ3n) is 2.80. The van der Waals surface area contributed by atoms with Crippen molar-refractivity contribution in [2.75, 3.05) is 5.43 Å². The van der Waals surface area contributed by atoms with Crippen molar-refractivity contribution >= 4 is 32.8 Å². The summed E-state index contributed by atoms with van der Waals surface area (Å²) >= 11 is 3.26. The fourth-order valence-corrected chi connectivity index (χ4v) is 2.28. The van der Waals surface area contributed by atoms with Crippen molar-refractivity contribution < 1.29 is 9.13 Å². The van der Waals surface area contributed by atoms with Crippen LogP contribution in [0.1, 0.15) is 0 Å². The van der Waals surface area contributed by atoms with Crippen LogP contribution in [-0.2, 0) is 0 Å². The Hall–Kier alpha value is -2.25. The molecule has 3 aromatic rings. The highest BCUT2D eigenvalue weighted by atomic mass is 79.9. The second kappa shape index (κ2) is 5.63. The molecule has 0 unspecified atom stereocenters. The second-order valence-electron chi connectivity index (χ2n) is 4.19. The van der Waals surface area contributed by atoms with E-state index in [1.54, 1.807) is 0 Å². The van der Waals surface area contributed by atoms with Crippen LogP contribution < -0.4 is 16.0 Å². The first-order valence-corrected chi connectivity index (χ1v) is 6.83. The maximum absolute atomic E-state index is 13.1. The number of rotatable bonds is 3. The number of hydrazine groups is 1. The lowest BCUT2D eigenvalue weighted by Crippen LogP contribution is -2.11. The largest absolute Gasteiger partial charge is 0.437 e. The van der Waals surface area contributed by atoms with Crippen molar-refractivity contribution in [2.45, 2.75) is 0 Å². The topological polar surface area (TPSA) is 73.1 Å². The molecule has 0 radical (unpaired) electrons. The van der Waals surface area contributed by atoms with Crippen LogP contribution in [0, 0.1) is 5.82 Å². The van der Waals surface area contributed by atoms with Gasteiger partial charge in [0.25, 0.3) is 0 Å². The Kier molecular flexibility index (Phi) is 3.68. The fraction of sp³-hybridized carbons (Fsp3) is 0. The molecule has 0 bridgehead atoms. The highest BCUT2D eigenvalue weighted by Crippen LogP contribution is 2.33. The van der Waals surface area contributed by atoms with Crippen molar-refractivity contribution in [2.24, 2.45) is 5.84 Å². The normalized spacial score (nSPS) is 10.6. The van der Waals surface area contributed by atoms with Crippen molar-refractivity contribution in [1.29, 1.82) is 0 Å². The van der Waals surface area contributed by atoms with Gasteiger partial charge in [-0.3, -0.25) is 5.43 Å². The predicted molar refractivity (Wildman–Crippen MR) is 81.5 cm³/mol. The fourth-order valence-electron chi connectivity index (χ4n) is 1.85. The number of para-hydroxylation sites is 1. The number of ether oxygens (including phenoxy) is 1. The van der Waals surface area contributed by atoms with Gasteiger partial charge in [-0.25, -0.2) is 15.2 Å². The Labute approximate surface area is 128 Å². The molecule has 3 rings (SSSR count). The SMILES string of the molecule is NNc1nc(Oc2ccc(F)cc2Br)c2ccccc2n1. The van der Waals surface area contributed by atoms with Crippen LogP contribution in [0.5, 0.6) is 11.6 Å². The number of nitrogen functional groups attached to an aromatic ring is 1. The van der Waals surface area contributed by atoms with E-state index < -0.39 is 0 Å². The molecule has 7 heteroatoms. The van der Waals surface area contributed by atoms with Gasteiger partial charge in [0, 0.05) is 0 Å². The van der Waals surface area contributed by atoms with E-state index >= 15 is 0 Å². The van der Waals surface area contributed by atoms with Crippen LogP contribution in [0.4, 0.5) is 10.3 Å². The Morgan fingerprint density at radius 2 is 1.95 bits per heavy atom. The number of anilines is 1. The molecule has 1 aromatic heterocycles. The number of hydrogen-bond donors (Lipinski definition) is 2. The Balaban J connectivity index is 2.10. The molecule has 2 aromatic carbocycles. The molecule has 0 saturated carbocycles. The molecule has 0 aliphatic rings. The average molecular weight is 349 g/mol. The maximum Gasteiger partial charge on any atom is 0.241 e. The molecule has 0 saturated heterocycles. The summed E-state index contributed by atoms with van der Waals surface area (Å²) in [5, 5.41) is 0.729. The van der Waals surface area contributed by atoms with Gasteiger partial charge in [-0.15, -0.1) is 0 Å². The van der Waals surface area contributed by atoms with Gasteiger partial charge in [0.15, 0.2) is 0 Å². The van der Waals surface area contributed by atoms with Gasteiger partial charge in [0.2, 0.25) is 11.8 Å². The molecule has 21 heavy (non-hydrogen) atoms. The van der Waals surface area contributed by atoms with Crippen molar-refractivity contribution in [3.63, 3.8) is 0 Å². The Bertz CT molecular complexity index is 812. The zero-order valence-electron chi connectivity index (χ0n) is 10.7. The molecular weight excluding hydrogens is 339 g/mol. The summed E-state index contributed by atoms with van der Waals surface area (Å²) in [6, 6.07) is 11.5. The summed E-state index contributed by atoms with van der Waals surface area (Å²) in [7, 11) is 0. The zero-order valence-corrected chi connectivity index (χ0v) is 12.3. The van der Waals surface area contributed by atoms with Gasteiger partial charge in [0.05, 0.1) is 15.4 Å². The first kappa shape index (κ1) is 13.7. The lowest BCUT2D eigenvalue weighted by Gasteiger charge is -2.10. The molecule has 0 atom stereocenters. The van der Waals surface area contributed by atoms with Gasteiger partial charge < -0.3 is 4.74 Å². The molecule has 3 N–H and O–H groups in total. The molecule has 106 valence electrons. The summed E-state index contributed by atoms with van der Waals surface area (Å²) in [6.45, 7) is 0. The quantitative estimate of drug-likeness (QED) is 0.558. The van der Waals surface area contributed by atoms with Gasteiger partial charge in [-0.2, -0.15) is 4.98 Å². The smallest absolute Gasteiger partial charge is 0.241 e. The molecule has 0 aliphatic heterocycles. The van der Waals surface area contributed by atoms with Gasteiger partial charge in [-0.05, 0) is 46.3 Å². The number of nitrogens with zero attached hydrogens (tertiary/aromatic N) is 2. The number of halogens is 2. The van der Waals surface area contributed by atoms with Crippen LogP contribution in [0.2, 0.25) is 0 Å². The highest BCUT2D eigenvalue weighted by molar-refractivity contribution is 9.10. The average Bonchev–Trinajstić information content (AvgIpc) is 2.49. The van der Waals surface area contributed by atoms with Crippen LogP contribution >= 0.6 is 15.9 Å². The van der Waals surface area contributed by atoms with Crippen LogP contribution in [0.25, 0.3) is 10.9 Å². The molecular formula is C14H10BrFN4O. The van der Waals surface area contributed by atoms with E-state index in [4.69, 9.17) is 10.6 Å². The Morgan fingerprint density at radius 1 is 1.14 bits per heavy atom.